The van der Waals surface area contributed by atoms with Crippen molar-refractivity contribution in [3.63, 3.8) is 0 Å². The summed E-state index contributed by atoms with van der Waals surface area (Å²) in [5.41, 5.74) is 0.761. The molecule has 1 aromatic rings. The second-order valence-corrected chi connectivity index (χ2v) is 5.60. The van der Waals surface area contributed by atoms with E-state index in [1.807, 2.05) is 18.2 Å². The Morgan fingerprint density at radius 3 is 2.41 bits per heavy atom. The summed E-state index contributed by atoms with van der Waals surface area (Å²) in [6.07, 6.45) is 2.35. The van der Waals surface area contributed by atoms with Gasteiger partial charge >= 0.3 is 6.09 Å². The maximum absolute atomic E-state index is 12.3. The van der Waals surface area contributed by atoms with Crippen LogP contribution in [0, 0.1) is 0 Å². The Labute approximate surface area is 128 Å². The standard InChI is InChI=1S/C16H18N2O4/c19-14-11-13(12-7-3-1-4-8-12)15(20)18(14)22-16(21)17-9-5-2-6-10-17/h1,3-4,7-8,13H,2,5-6,9-11H2/t13-/m1/s1. The molecule has 6 heteroatoms. The Morgan fingerprint density at radius 1 is 1.05 bits per heavy atom. The summed E-state index contributed by atoms with van der Waals surface area (Å²) in [6, 6.07) is 9.07. The van der Waals surface area contributed by atoms with Gasteiger partial charge in [0.05, 0.1) is 5.92 Å². The molecular weight excluding hydrogens is 284 g/mol. The van der Waals surface area contributed by atoms with E-state index < -0.39 is 23.8 Å². The number of benzene rings is 1. The van der Waals surface area contributed by atoms with Crippen molar-refractivity contribution in [3.8, 4) is 0 Å². The van der Waals surface area contributed by atoms with Gasteiger partial charge in [-0.3, -0.25) is 9.59 Å². The summed E-state index contributed by atoms with van der Waals surface area (Å²) in [7, 11) is 0. The van der Waals surface area contributed by atoms with Crippen LogP contribution in [-0.2, 0) is 14.4 Å². The smallest absolute Gasteiger partial charge is 0.311 e. The number of nitrogens with zero attached hydrogens (tertiary/aromatic N) is 2. The fraction of sp³-hybridized carbons (Fsp3) is 0.438. The molecule has 3 rings (SSSR count). The van der Waals surface area contributed by atoms with Crippen LogP contribution in [0.25, 0.3) is 0 Å². The van der Waals surface area contributed by atoms with Crippen LogP contribution in [0.5, 0.6) is 0 Å². The van der Waals surface area contributed by atoms with Crippen LogP contribution in [-0.4, -0.2) is 41.0 Å². The lowest BCUT2D eigenvalue weighted by molar-refractivity contribution is -0.174. The number of rotatable bonds is 2. The van der Waals surface area contributed by atoms with Gasteiger partial charge in [-0.1, -0.05) is 30.3 Å². The average Bonchev–Trinajstić information content (AvgIpc) is 2.84. The predicted octanol–water partition coefficient (Wildman–Crippen LogP) is 2.07. The van der Waals surface area contributed by atoms with Gasteiger partial charge in [-0.2, -0.15) is 0 Å². The molecule has 6 nitrogen and oxygen atoms in total. The van der Waals surface area contributed by atoms with Crippen molar-refractivity contribution in [3.05, 3.63) is 35.9 Å². The van der Waals surface area contributed by atoms with Crippen molar-refractivity contribution in [2.45, 2.75) is 31.6 Å². The van der Waals surface area contributed by atoms with Crippen molar-refractivity contribution >= 4 is 17.9 Å². The molecule has 116 valence electrons. The normalized spacial score (nSPS) is 22.1. The number of amides is 3. The average molecular weight is 302 g/mol. The number of piperidine rings is 1. The zero-order chi connectivity index (χ0) is 15.5. The van der Waals surface area contributed by atoms with Crippen LogP contribution in [0.15, 0.2) is 30.3 Å². The lowest BCUT2D eigenvalue weighted by Crippen LogP contribution is -2.42. The van der Waals surface area contributed by atoms with Gasteiger partial charge in [0.1, 0.15) is 0 Å². The van der Waals surface area contributed by atoms with E-state index in [2.05, 4.69) is 0 Å². The summed E-state index contributed by atoms with van der Waals surface area (Å²) >= 11 is 0. The fourth-order valence-corrected chi connectivity index (χ4v) is 2.86. The van der Waals surface area contributed by atoms with Gasteiger partial charge in [-0.05, 0) is 24.8 Å². The van der Waals surface area contributed by atoms with E-state index in [0.717, 1.165) is 24.8 Å². The SMILES string of the molecule is O=C(ON1C(=O)C[C@H](c2ccccc2)C1=O)N1CCCCC1. The fourth-order valence-electron chi connectivity index (χ4n) is 2.86. The minimum atomic E-state index is -0.616. The van der Waals surface area contributed by atoms with E-state index in [1.165, 1.54) is 0 Å². The molecule has 3 amide bonds. The summed E-state index contributed by atoms with van der Waals surface area (Å²) in [5, 5.41) is 0.634. The monoisotopic (exact) mass is 302 g/mol. The third-order valence-electron chi connectivity index (χ3n) is 4.09. The molecule has 0 spiro atoms. The number of likely N-dealkylation sites (tertiary alicyclic amines) is 1. The van der Waals surface area contributed by atoms with Crippen molar-refractivity contribution in [2.24, 2.45) is 0 Å². The van der Waals surface area contributed by atoms with E-state index in [4.69, 9.17) is 4.84 Å². The third-order valence-corrected chi connectivity index (χ3v) is 4.09. The highest BCUT2D eigenvalue weighted by Crippen LogP contribution is 2.30. The number of hydroxylamine groups is 2. The number of hydrogen-bond donors (Lipinski definition) is 0. The molecule has 2 aliphatic heterocycles. The second kappa shape index (κ2) is 6.17. The van der Waals surface area contributed by atoms with E-state index in [0.29, 0.717) is 18.2 Å². The van der Waals surface area contributed by atoms with Gasteiger partial charge < -0.3 is 9.74 Å². The van der Waals surface area contributed by atoms with Crippen LogP contribution in [0.3, 0.4) is 0 Å². The first-order valence-electron chi connectivity index (χ1n) is 7.55. The molecule has 0 aromatic heterocycles. The summed E-state index contributed by atoms with van der Waals surface area (Å²) in [5.74, 6) is -1.51. The number of carbonyl (C=O) groups excluding carboxylic acids is 3. The molecule has 0 radical (unpaired) electrons. The van der Waals surface area contributed by atoms with Gasteiger partial charge in [0, 0.05) is 19.5 Å². The largest absolute Gasteiger partial charge is 0.434 e. The second-order valence-electron chi connectivity index (χ2n) is 5.60. The first-order valence-corrected chi connectivity index (χ1v) is 7.55. The Morgan fingerprint density at radius 2 is 1.73 bits per heavy atom. The maximum atomic E-state index is 12.3. The Balaban J connectivity index is 1.68. The molecule has 1 aromatic carbocycles. The van der Waals surface area contributed by atoms with E-state index in [1.54, 1.807) is 17.0 Å². The number of hydrogen-bond acceptors (Lipinski definition) is 4. The molecule has 1 atom stereocenters. The minimum absolute atomic E-state index is 0.0378. The molecule has 0 N–H and O–H groups in total. The zero-order valence-electron chi connectivity index (χ0n) is 12.2. The van der Waals surface area contributed by atoms with Gasteiger partial charge in [-0.15, -0.1) is 5.06 Å². The topological polar surface area (TPSA) is 66.9 Å². The van der Waals surface area contributed by atoms with Crippen LogP contribution in [0.2, 0.25) is 0 Å². The van der Waals surface area contributed by atoms with Gasteiger partial charge in [0.2, 0.25) is 0 Å². The van der Waals surface area contributed by atoms with Crippen molar-refractivity contribution in [1.82, 2.24) is 9.96 Å². The lowest BCUT2D eigenvalue weighted by Gasteiger charge is -2.26. The first kappa shape index (κ1) is 14.6. The molecule has 2 aliphatic rings. The van der Waals surface area contributed by atoms with Crippen molar-refractivity contribution in [2.75, 3.05) is 13.1 Å². The maximum Gasteiger partial charge on any atom is 0.434 e. The van der Waals surface area contributed by atoms with E-state index in [-0.39, 0.29) is 6.42 Å². The summed E-state index contributed by atoms with van der Waals surface area (Å²) in [6.45, 7) is 1.22. The zero-order valence-corrected chi connectivity index (χ0v) is 12.2. The number of imide groups is 1. The van der Waals surface area contributed by atoms with Crippen molar-refractivity contribution in [1.29, 1.82) is 0 Å². The van der Waals surface area contributed by atoms with Gasteiger partial charge in [0.15, 0.2) is 0 Å². The van der Waals surface area contributed by atoms with E-state index >= 15 is 0 Å². The van der Waals surface area contributed by atoms with Crippen LogP contribution in [0.1, 0.15) is 37.2 Å². The molecule has 0 saturated carbocycles. The highest BCUT2D eigenvalue weighted by atomic mass is 16.7. The molecule has 0 aliphatic carbocycles. The molecular formula is C16H18N2O4. The highest BCUT2D eigenvalue weighted by Gasteiger charge is 2.43. The number of carbonyl (C=O) groups is 3. The summed E-state index contributed by atoms with van der Waals surface area (Å²) in [4.78, 5) is 43.0. The molecule has 2 fully saturated rings. The van der Waals surface area contributed by atoms with Gasteiger partial charge in [0.25, 0.3) is 11.8 Å². The van der Waals surface area contributed by atoms with E-state index in [9.17, 15) is 14.4 Å². The third kappa shape index (κ3) is 2.81. The summed E-state index contributed by atoms with van der Waals surface area (Å²) < 4.78 is 0. The quantitative estimate of drug-likeness (QED) is 0.784. The van der Waals surface area contributed by atoms with Crippen LogP contribution < -0.4 is 0 Å². The van der Waals surface area contributed by atoms with Crippen LogP contribution in [0.4, 0.5) is 4.79 Å². The highest BCUT2D eigenvalue weighted by molar-refractivity contribution is 6.05. The molecule has 22 heavy (non-hydrogen) atoms. The lowest BCUT2D eigenvalue weighted by atomic mass is 9.98. The Hall–Kier alpha value is -2.37. The van der Waals surface area contributed by atoms with Crippen LogP contribution >= 0.6 is 0 Å². The molecule has 0 unspecified atom stereocenters. The molecule has 2 heterocycles. The van der Waals surface area contributed by atoms with Crippen molar-refractivity contribution < 1.29 is 19.2 Å². The minimum Gasteiger partial charge on any atom is -0.311 e. The van der Waals surface area contributed by atoms with Gasteiger partial charge in [-0.25, -0.2) is 4.79 Å². The molecule has 2 saturated heterocycles. The Kier molecular flexibility index (Phi) is 4.09. The Bertz CT molecular complexity index is 581. The predicted molar refractivity (Wildman–Crippen MR) is 77.6 cm³/mol. The first-order chi connectivity index (χ1) is 10.7. The molecule has 0 bridgehead atoms.